The van der Waals surface area contributed by atoms with Crippen molar-refractivity contribution >= 4 is 34.6 Å². The number of pyridine rings is 1. The van der Waals surface area contributed by atoms with E-state index in [9.17, 15) is 0 Å². The van der Waals surface area contributed by atoms with E-state index in [2.05, 4.69) is 65.3 Å². The maximum absolute atomic E-state index is 9.10. The predicted molar refractivity (Wildman–Crippen MR) is 143 cm³/mol. The standard InChI is InChI=1S/C26H31N3O2.C2H2O4/c1-2-28-13-15-29(16-14-28)26-25-12-4-3-9-22(25)20-23(27-26)10-5-7-21-8-6-11-24(19-21)31-18-17-30;3-1(4)2(5)6/h3-6,8-12,19-20,30H,2,7,13-18H2,1H3;(H,3,4)(H,5,6). The molecule has 37 heavy (non-hydrogen) atoms. The highest BCUT2D eigenvalue weighted by atomic mass is 16.5. The van der Waals surface area contributed by atoms with Crippen molar-refractivity contribution in [3.05, 3.63) is 71.9 Å². The molecule has 0 atom stereocenters. The highest BCUT2D eigenvalue weighted by molar-refractivity contribution is 6.27. The Balaban J connectivity index is 0.000000568. The molecule has 2 heterocycles. The van der Waals surface area contributed by atoms with Crippen LogP contribution in [0.4, 0.5) is 5.82 Å². The molecule has 3 aromatic rings. The average Bonchev–Trinajstić information content (AvgIpc) is 2.92. The summed E-state index contributed by atoms with van der Waals surface area (Å²) in [5.74, 6) is -1.77. The number of nitrogens with zero attached hydrogens (tertiary/aromatic N) is 3. The number of likely N-dealkylation sites (N-methyl/N-ethyl adjacent to an activating group) is 1. The highest BCUT2D eigenvalue weighted by Gasteiger charge is 2.19. The molecule has 0 bridgehead atoms. The van der Waals surface area contributed by atoms with Crippen molar-refractivity contribution in [3.63, 3.8) is 0 Å². The van der Waals surface area contributed by atoms with E-state index >= 15 is 0 Å². The van der Waals surface area contributed by atoms with Crippen molar-refractivity contribution in [2.45, 2.75) is 13.3 Å². The molecule has 3 N–H and O–H groups in total. The minimum Gasteiger partial charge on any atom is -0.491 e. The van der Waals surface area contributed by atoms with Gasteiger partial charge in [-0.3, -0.25) is 0 Å². The first-order chi connectivity index (χ1) is 17.9. The van der Waals surface area contributed by atoms with Gasteiger partial charge < -0.3 is 29.9 Å². The van der Waals surface area contributed by atoms with E-state index < -0.39 is 11.9 Å². The van der Waals surface area contributed by atoms with Gasteiger partial charge in [0.1, 0.15) is 18.2 Å². The van der Waals surface area contributed by atoms with Gasteiger partial charge in [-0.05, 0) is 48.2 Å². The van der Waals surface area contributed by atoms with Crippen LogP contribution in [0.5, 0.6) is 5.75 Å². The van der Waals surface area contributed by atoms with Gasteiger partial charge in [0, 0.05) is 31.6 Å². The van der Waals surface area contributed by atoms with E-state index in [4.69, 9.17) is 34.6 Å². The molecular weight excluding hydrogens is 474 g/mol. The number of aliphatic carboxylic acids is 2. The second kappa shape index (κ2) is 14.0. The fourth-order valence-corrected chi connectivity index (χ4v) is 4.04. The summed E-state index contributed by atoms with van der Waals surface area (Å²) in [6, 6.07) is 18.7. The predicted octanol–water partition coefficient (Wildman–Crippen LogP) is 3.16. The molecule has 9 heteroatoms. The van der Waals surface area contributed by atoms with Crippen LogP contribution in [0.15, 0.2) is 60.7 Å². The number of ether oxygens (including phenoxy) is 1. The number of aliphatic hydroxyl groups excluding tert-OH is 1. The number of aromatic nitrogens is 1. The second-order valence-corrected chi connectivity index (χ2v) is 8.45. The van der Waals surface area contributed by atoms with Crippen molar-refractivity contribution in [3.8, 4) is 5.75 Å². The number of fused-ring (bicyclic) bond motifs is 1. The van der Waals surface area contributed by atoms with Crippen molar-refractivity contribution in [1.82, 2.24) is 9.88 Å². The van der Waals surface area contributed by atoms with Gasteiger partial charge in [0.05, 0.1) is 12.3 Å². The molecule has 1 aliphatic heterocycles. The Bertz CT molecular complexity index is 1210. The van der Waals surface area contributed by atoms with Crippen LogP contribution in [0.25, 0.3) is 16.8 Å². The SMILES string of the molecule is CCN1CCN(c2nc(C=CCc3cccc(OCCO)c3)cc3ccccc23)CC1.O=C(O)C(=O)O. The van der Waals surface area contributed by atoms with Crippen LogP contribution in [0, 0.1) is 0 Å². The minimum absolute atomic E-state index is 0.0214. The minimum atomic E-state index is -1.82. The number of anilines is 1. The molecule has 4 rings (SSSR count). The number of hydrogen-bond acceptors (Lipinski definition) is 7. The van der Waals surface area contributed by atoms with Gasteiger partial charge in [-0.1, -0.05) is 49.4 Å². The molecule has 1 fully saturated rings. The molecule has 1 aromatic heterocycles. The molecule has 0 aliphatic carbocycles. The third kappa shape index (κ3) is 8.30. The maximum Gasteiger partial charge on any atom is 0.414 e. The molecule has 9 nitrogen and oxygen atoms in total. The fraction of sp³-hybridized carbons (Fsp3) is 0.321. The Hall–Kier alpha value is -3.95. The summed E-state index contributed by atoms with van der Waals surface area (Å²) in [6.45, 7) is 7.86. The number of carboxylic acid groups (broad SMARTS) is 2. The number of carbonyl (C=O) groups is 2. The number of benzene rings is 2. The number of allylic oxidation sites excluding steroid dienone is 1. The molecule has 0 radical (unpaired) electrons. The number of hydrogen-bond donors (Lipinski definition) is 3. The first-order valence-corrected chi connectivity index (χ1v) is 12.2. The lowest BCUT2D eigenvalue weighted by Gasteiger charge is -2.35. The van der Waals surface area contributed by atoms with Crippen LogP contribution in [-0.2, 0) is 16.0 Å². The summed E-state index contributed by atoms with van der Waals surface area (Å²) in [5, 5.41) is 26.2. The van der Waals surface area contributed by atoms with Gasteiger partial charge in [0.2, 0.25) is 0 Å². The largest absolute Gasteiger partial charge is 0.491 e. The summed E-state index contributed by atoms with van der Waals surface area (Å²) in [6.07, 6.45) is 5.07. The first-order valence-electron chi connectivity index (χ1n) is 12.2. The van der Waals surface area contributed by atoms with Gasteiger partial charge in [0.25, 0.3) is 0 Å². The summed E-state index contributed by atoms with van der Waals surface area (Å²) in [4.78, 5) is 28.1. The van der Waals surface area contributed by atoms with E-state index in [0.717, 1.165) is 56.4 Å². The lowest BCUT2D eigenvalue weighted by atomic mass is 10.1. The van der Waals surface area contributed by atoms with E-state index in [1.165, 1.54) is 16.3 Å². The van der Waals surface area contributed by atoms with Gasteiger partial charge in [-0.25, -0.2) is 14.6 Å². The molecule has 1 aliphatic rings. The van der Waals surface area contributed by atoms with Gasteiger partial charge in [-0.15, -0.1) is 0 Å². The Kier molecular flexibility index (Phi) is 10.4. The van der Waals surface area contributed by atoms with E-state index in [0.29, 0.717) is 6.61 Å². The van der Waals surface area contributed by atoms with Crippen LogP contribution >= 0.6 is 0 Å². The monoisotopic (exact) mass is 507 g/mol. The molecule has 2 aromatic carbocycles. The zero-order chi connectivity index (χ0) is 26.6. The van der Waals surface area contributed by atoms with Gasteiger partial charge in [-0.2, -0.15) is 0 Å². The molecule has 196 valence electrons. The Morgan fingerprint density at radius 1 is 1.00 bits per heavy atom. The van der Waals surface area contributed by atoms with Gasteiger partial charge >= 0.3 is 11.9 Å². The quantitative estimate of drug-likeness (QED) is 0.395. The van der Waals surface area contributed by atoms with E-state index in [-0.39, 0.29) is 6.61 Å². The Morgan fingerprint density at radius 3 is 2.41 bits per heavy atom. The Morgan fingerprint density at radius 2 is 1.73 bits per heavy atom. The topological polar surface area (TPSA) is 123 Å². The van der Waals surface area contributed by atoms with Crippen LogP contribution < -0.4 is 9.64 Å². The highest BCUT2D eigenvalue weighted by Crippen LogP contribution is 2.27. The third-order valence-corrected chi connectivity index (χ3v) is 5.94. The normalized spacial score (nSPS) is 13.8. The Labute approximate surface area is 216 Å². The molecule has 1 saturated heterocycles. The molecule has 0 saturated carbocycles. The average molecular weight is 508 g/mol. The second-order valence-electron chi connectivity index (χ2n) is 8.45. The zero-order valence-electron chi connectivity index (χ0n) is 20.9. The van der Waals surface area contributed by atoms with E-state index in [1.807, 2.05) is 18.2 Å². The lowest BCUT2D eigenvalue weighted by Crippen LogP contribution is -2.46. The van der Waals surface area contributed by atoms with Crippen molar-refractivity contribution in [2.24, 2.45) is 0 Å². The van der Waals surface area contributed by atoms with Crippen molar-refractivity contribution in [1.29, 1.82) is 0 Å². The number of rotatable bonds is 8. The molecular formula is C28H33N3O6. The third-order valence-electron chi connectivity index (χ3n) is 5.94. The number of carboxylic acids is 2. The molecule has 0 spiro atoms. The molecule has 0 unspecified atom stereocenters. The van der Waals surface area contributed by atoms with Crippen LogP contribution in [0.2, 0.25) is 0 Å². The zero-order valence-corrected chi connectivity index (χ0v) is 20.9. The summed E-state index contributed by atoms with van der Waals surface area (Å²) in [5.41, 5.74) is 2.16. The lowest BCUT2D eigenvalue weighted by molar-refractivity contribution is -0.159. The van der Waals surface area contributed by atoms with Crippen molar-refractivity contribution < 1.29 is 29.6 Å². The number of piperazine rings is 1. The molecule has 0 amide bonds. The van der Waals surface area contributed by atoms with Crippen molar-refractivity contribution in [2.75, 3.05) is 50.8 Å². The smallest absolute Gasteiger partial charge is 0.414 e. The van der Waals surface area contributed by atoms with Gasteiger partial charge in [0.15, 0.2) is 0 Å². The maximum atomic E-state index is 9.10. The van der Waals surface area contributed by atoms with Crippen LogP contribution in [-0.4, -0.2) is 83.1 Å². The van der Waals surface area contributed by atoms with Crippen LogP contribution in [0.3, 0.4) is 0 Å². The van der Waals surface area contributed by atoms with Crippen LogP contribution in [0.1, 0.15) is 18.2 Å². The summed E-state index contributed by atoms with van der Waals surface area (Å²) >= 11 is 0. The number of aliphatic hydroxyl groups is 1. The summed E-state index contributed by atoms with van der Waals surface area (Å²) < 4.78 is 5.51. The fourth-order valence-electron chi connectivity index (χ4n) is 4.04. The first kappa shape index (κ1) is 27.6. The summed E-state index contributed by atoms with van der Waals surface area (Å²) in [7, 11) is 0. The van der Waals surface area contributed by atoms with E-state index in [1.54, 1.807) is 0 Å².